The van der Waals surface area contributed by atoms with E-state index in [0.29, 0.717) is 6.04 Å². The van der Waals surface area contributed by atoms with Gasteiger partial charge in [-0.15, -0.1) is 0 Å². The SMILES string of the molecule is CNC(CC1CC1)c1ccc2nccnc2c1. The predicted molar refractivity (Wildman–Crippen MR) is 68.7 cm³/mol. The van der Waals surface area contributed by atoms with Gasteiger partial charge in [0.1, 0.15) is 0 Å². The number of nitrogens with one attached hydrogen (secondary N) is 1. The fraction of sp³-hybridized carbons (Fsp3) is 0.429. The number of hydrogen-bond donors (Lipinski definition) is 1. The van der Waals surface area contributed by atoms with Gasteiger partial charge in [-0.1, -0.05) is 18.9 Å². The molecule has 1 aromatic carbocycles. The van der Waals surface area contributed by atoms with Crippen LogP contribution in [0.25, 0.3) is 11.0 Å². The zero-order valence-electron chi connectivity index (χ0n) is 10.1. The van der Waals surface area contributed by atoms with Gasteiger partial charge in [0.25, 0.3) is 0 Å². The molecular weight excluding hydrogens is 210 g/mol. The highest BCUT2D eigenvalue weighted by molar-refractivity contribution is 5.74. The molecule has 2 aromatic rings. The molecule has 1 aliphatic carbocycles. The van der Waals surface area contributed by atoms with Crippen LogP contribution in [0.1, 0.15) is 30.9 Å². The van der Waals surface area contributed by atoms with Crippen LogP contribution in [0.15, 0.2) is 30.6 Å². The van der Waals surface area contributed by atoms with Gasteiger partial charge in [-0.2, -0.15) is 0 Å². The van der Waals surface area contributed by atoms with Crippen LogP contribution >= 0.6 is 0 Å². The number of aromatic nitrogens is 2. The van der Waals surface area contributed by atoms with E-state index >= 15 is 0 Å². The van der Waals surface area contributed by atoms with Crippen molar-refractivity contribution in [2.75, 3.05) is 7.05 Å². The van der Waals surface area contributed by atoms with Gasteiger partial charge in [0.15, 0.2) is 0 Å². The quantitative estimate of drug-likeness (QED) is 0.872. The van der Waals surface area contributed by atoms with E-state index < -0.39 is 0 Å². The van der Waals surface area contributed by atoms with Crippen LogP contribution in [0, 0.1) is 5.92 Å². The molecule has 0 radical (unpaired) electrons. The molecule has 1 N–H and O–H groups in total. The van der Waals surface area contributed by atoms with Crippen molar-refractivity contribution in [3.05, 3.63) is 36.2 Å². The van der Waals surface area contributed by atoms with Gasteiger partial charge in [0, 0.05) is 18.4 Å². The average molecular weight is 227 g/mol. The van der Waals surface area contributed by atoms with E-state index in [2.05, 4.69) is 33.5 Å². The summed E-state index contributed by atoms with van der Waals surface area (Å²) in [6.45, 7) is 0. The molecule has 1 aliphatic rings. The Labute approximate surface area is 101 Å². The van der Waals surface area contributed by atoms with Gasteiger partial charge in [-0.3, -0.25) is 9.97 Å². The number of hydrogen-bond acceptors (Lipinski definition) is 3. The maximum atomic E-state index is 4.36. The van der Waals surface area contributed by atoms with Crippen molar-refractivity contribution in [1.29, 1.82) is 0 Å². The van der Waals surface area contributed by atoms with Crippen LogP contribution in [0.3, 0.4) is 0 Å². The zero-order chi connectivity index (χ0) is 11.7. The maximum absolute atomic E-state index is 4.36. The van der Waals surface area contributed by atoms with E-state index in [-0.39, 0.29) is 0 Å². The highest BCUT2D eigenvalue weighted by atomic mass is 14.9. The summed E-state index contributed by atoms with van der Waals surface area (Å²) in [7, 11) is 2.04. The fourth-order valence-electron chi connectivity index (χ4n) is 2.30. The smallest absolute Gasteiger partial charge is 0.0890 e. The third-order valence-corrected chi connectivity index (χ3v) is 3.51. The molecular formula is C14H17N3. The highest BCUT2D eigenvalue weighted by Gasteiger charge is 2.25. The summed E-state index contributed by atoms with van der Waals surface area (Å²) in [6, 6.07) is 6.84. The topological polar surface area (TPSA) is 37.8 Å². The van der Waals surface area contributed by atoms with Crippen molar-refractivity contribution < 1.29 is 0 Å². The lowest BCUT2D eigenvalue weighted by molar-refractivity contribution is 0.515. The number of fused-ring (bicyclic) bond motifs is 1. The van der Waals surface area contributed by atoms with Crippen molar-refractivity contribution in [2.45, 2.75) is 25.3 Å². The Bertz CT molecular complexity index is 520. The van der Waals surface area contributed by atoms with E-state index in [1.165, 1.54) is 24.8 Å². The Hall–Kier alpha value is -1.48. The molecule has 3 nitrogen and oxygen atoms in total. The van der Waals surface area contributed by atoms with Crippen molar-refractivity contribution in [3.8, 4) is 0 Å². The van der Waals surface area contributed by atoms with E-state index in [1.54, 1.807) is 12.4 Å². The molecule has 17 heavy (non-hydrogen) atoms. The number of benzene rings is 1. The van der Waals surface area contributed by atoms with E-state index in [1.807, 2.05) is 7.05 Å². The lowest BCUT2D eigenvalue weighted by Crippen LogP contribution is -2.16. The monoisotopic (exact) mass is 227 g/mol. The first-order chi connectivity index (χ1) is 8.36. The minimum absolute atomic E-state index is 0.453. The Morgan fingerprint density at radius 3 is 2.71 bits per heavy atom. The predicted octanol–water partition coefficient (Wildman–Crippen LogP) is 2.69. The highest BCUT2D eigenvalue weighted by Crippen LogP contribution is 2.37. The van der Waals surface area contributed by atoms with Crippen LogP contribution in [-0.2, 0) is 0 Å². The molecule has 0 aliphatic heterocycles. The molecule has 0 saturated heterocycles. The molecule has 1 heterocycles. The molecule has 1 unspecified atom stereocenters. The lowest BCUT2D eigenvalue weighted by atomic mass is 10.0. The first-order valence-electron chi connectivity index (χ1n) is 6.25. The van der Waals surface area contributed by atoms with Gasteiger partial charge in [-0.05, 0) is 37.1 Å². The van der Waals surface area contributed by atoms with Crippen molar-refractivity contribution in [3.63, 3.8) is 0 Å². The second-order valence-corrected chi connectivity index (χ2v) is 4.82. The first kappa shape index (κ1) is 10.7. The minimum Gasteiger partial charge on any atom is -0.313 e. The normalized spacial score (nSPS) is 17.2. The van der Waals surface area contributed by atoms with Crippen molar-refractivity contribution >= 4 is 11.0 Å². The molecule has 3 rings (SSSR count). The van der Waals surface area contributed by atoms with Gasteiger partial charge >= 0.3 is 0 Å². The van der Waals surface area contributed by atoms with Gasteiger partial charge < -0.3 is 5.32 Å². The van der Waals surface area contributed by atoms with Gasteiger partial charge in [0.05, 0.1) is 11.0 Å². The largest absolute Gasteiger partial charge is 0.313 e. The van der Waals surface area contributed by atoms with Crippen LogP contribution in [0.4, 0.5) is 0 Å². The van der Waals surface area contributed by atoms with Gasteiger partial charge in [0.2, 0.25) is 0 Å². The van der Waals surface area contributed by atoms with Gasteiger partial charge in [-0.25, -0.2) is 0 Å². The summed E-state index contributed by atoms with van der Waals surface area (Å²) in [6.07, 6.45) is 7.52. The van der Waals surface area contributed by atoms with Crippen molar-refractivity contribution in [2.24, 2.45) is 5.92 Å². The summed E-state index contributed by atoms with van der Waals surface area (Å²) in [5.41, 5.74) is 3.28. The summed E-state index contributed by atoms with van der Waals surface area (Å²) < 4.78 is 0. The zero-order valence-corrected chi connectivity index (χ0v) is 10.1. The summed E-state index contributed by atoms with van der Waals surface area (Å²) in [5, 5.41) is 3.41. The van der Waals surface area contributed by atoms with E-state index in [9.17, 15) is 0 Å². The van der Waals surface area contributed by atoms with Crippen LogP contribution in [0.5, 0.6) is 0 Å². The lowest BCUT2D eigenvalue weighted by Gasteiger charge is -2.16. The van der Waals surface area contributed by atoms with Crippen LogP contribution < -0.4 is 5.32 Å². The van der Waals surface area contributed by atoms with E-state index in [0.717, 1.165) is 17.0 Å². The molecule has 0 spiro atoms. The summed E-state index contributed by atoms with van der Waals surface area (Å²) in [4.78, 5) is 8.66. The molecule has 1 fully saturated rings. The first-order valence-corrected chi connectivity index (χ1v) is 6.25. The van der Waals surface area contributed by atoms with Crippen LogP contribution in [-0.4, -0.2) is 17.0 Å². The summed E-state index contributed by atoms with van der Waals surface area (Å²) >= 11 is 0. The Kier molecular flexibility index (Phi) is 2.77. The second-order valence-electron chi connectivity index (χ2n) is 4.82. The molecule has 1 saturated carbocycles. The molecule has 1 aromatic heterocycles. The third kappa shape index (κ3) is 2.29. The minimum atomic E-state index is 0.453. The second kappa shape index (κ2) is 4.41. The fourth-order valence-corrected chi connectivity index (χ4v) is 2.30. The number of nitrogens with zero attached hydrogens (tertiary/aromatic N) is 2. The molecule has 0 bridgehead atoms. The molecule has 0 amide bonds. The van der Waals surface area contributed by atoms with Crippen LogP contribution in [0.2, 0.25) is 0 Å². The Balaban J connectivity index is 1.92. The molecule has 88 valence electrons. The summed E-state index contributed by atoms with van der Waals surface area (Å²) in [5.74, 6) is 0.921. The van der Waals surface area contributed by atoms with E-state index in [4.69, 9.17) is 0 Å². The third-order valence-electron chi connectivity index (χ3n) is 3.51. The standard InChI is InChI=1S/C14H17N3/c1-15-13(8-10-2-3-10)11-4-5-12-14(9-11)17-7-6-16-12/h4-7,9-10,13,15H,2-3,8H2,1H3. The molecule has 1 atom stereocenters. The maximum Gasteiger partial charge on any atom is 0.0890 e. The molecule has 3 heteroatoms. The Morgan fingerprint density at radius 1 is 1.24 bits per heavy atom. The number of rotatable bonds is 4. The Morgan fingerprint density at radius 2 is 2.00 bits per heavy atom. The average Bonchev–Trinajstić information content (AvgIpc) is 3.19. The van der Waals surface area contributed by atoms with Crippen molar-refractivity contribution in [1.82, 2.24) is 15.3 Å².